The largest absolute Gasteiger partial charge is 0.279 e. The summed E-state index contributed by atoms with van der Waals surface area (Å²) in [4.78, 5) is 0. The summed E-state index contributed by atoms with van der Waals surface area (Å²) in [5.74, 6) is -0.468. The summed E-state index contributed by atoms with van der Waals surface area (Å²) >= 11 is 0. The van der Waals surface area contributed by atoms with E-state index in [9.17, 15) is 18.1 Å². The fourth-order valence-corrected chi connectivity index (χ4v) is 4.42. The smallest absolute Gasteiger partial charge is 0.214 e. The van der Waals surface area contributed by atoms with Crippen LogP contribution in [-0.2, 0) is 10.0 Å². The maximum atomic E-state index is 15.0. The van der Waals surface area contributed by atoms with Crippen molar-refractivity contribution in [3.8, 4) is 17.3 Å². The summed E-state index contributed by atoms with van der Waals surface area (Å²) in [5, 5.41) is 15.7. The van der Waals surface area contributed by atoms with E-state index in [1.165, 1.54) is 0 Å². The molecule has 0 aliphatic heterocycles. The first kappa shape index (κ1) is 19.5. The van der Waals surface area contributed by atoms with Gasteiger partial charge >= 0.3 is 0 Å². The summed E-state index contributed by atoms with van der Waals surface area (Å²) in [5.41, 5.74) is 1.44. The zero-order valence-corrected chi connectivity index (χ0v) is 16.2. The van der Waals surface area contributed by atoms with Gasteiger partial charge in [0.1, 0.15) is 5.69 Å². The third-order valence-corrected chi connectivity index (χ3v) is 7.03. The molecule has 1 heterocycles. The highest BCUT2D eigenvalue weighted by Crippen LogP contribution is 2.36. The predicted molar refractivity (Wildman–Crippen MR) is 101 cm³/mol. The number of hydrogen-bond donors (Lipinski definition) is 2. The van der Waals surface area contributed by atoms with Crippen LogP contribution in [0.25, 0.3) is 11.3 Å². The molecule has 0 amide bonds. The van der Waals surface area contributed by atoms with Crippen LogP contribution in [-0.4, -0.2) is 29.9 Å². The summed E-state index contributed by atoms with van der Waals surface area (Å²) in [6.07, 6.45) is 2.64. The lowest BCUT2D eigenvalue weighted by atomic mass is 9.84. The molecule has 1 aliphatic carbocycles. The Kier molecular flexibility index (Phi) is 5.63. The number of H-pyrrole nitrogens is 1. The van der Waals surface area contributed by atoms with Crippen LogP contribution in [0, 0.1) is 17.1 Å². The van der Waals surface area contributed by atoms with E-state index in [-0.39, 0.29) is 17.7 Å². The predicted octanol–water partition coefficient (Wildman–Crippen LogP) is 3.44. The quantitative estimate of drug-likeness (QED) is 0.817. The van der Waals surface area contributed by atoms with Crippen LogP contribution >= 0.6 is 0 Å². The number of nitriles is 1. The molecule has 27 heavy (non-hydrogen) atoms. The van der Waals surface area contributed by atoms with E-state index in [1.54, 1.807) is 38.1 Å². The van der Waals surface area contributed by atoms with Gasteiger partial charge in [-0.05, 0) is 45.6 Å². The standard InChI is InChI=1S/C19H23FN4O2S/c1-12(2)27(25,26)24-15-9-7-13(8-10-15)18-17(20)19(23-22-18)16-6-4-3-5-14(16)11-21/h3-6,12-13,15,24H,7-10H2,1-2H3,(H,22,23). The molecular formula is C19H23FN4O2S. The molecule has 0 spiro atoms. The Balaban J connectivity index is 1.73. The molecule has 0 saturated heterocycles. The number of nitrogens with one attached hydrogen (secondary N) is 2. The van der Waals surface area contributed by atoms with Crippen molar-refractivity contribution in [2.75, 3.05) is 0 Å². The molecule has 1 aliphatic rings. The molecular weight excluding hydrogens is 367 g/mol. The van der Waals surface area contributed by atoms with Gasteiger partial charge in [-0.15, -0.1) is 0 Å². The number of hydrogen-bond acceptors (Lipinski definition) is 4. The van der Waals surface area contributed by atoms with Gasteiger partial charge in [-0.2, -0.15) is 10.4 Å². The first-order valence-electron chi connectivity index (χ1n) is 9.08. The van der Waals surface area contributed by atoms with Gasteiger partial charge in [0.2, 0.25) is 10.0 Å². The van der Waals surface area contributed by atoms with Gasteiger partial charge < -0.3 is 0 Å². The Morgan fingerprint density at radius 2 is 1.93 bits per heavy atom. The maximum absolute atomic E-state index is 15.0. The van der Waals surface area contributed by atoms with E-state index in [0.717, 1.165) is 0 Å². The van der Waals surface area contributed by atoms with Gasteiger partial charge in [0, 0.05) is 17.5 Å². The zero-order valence-electron chi connectivity index (χ0n) is 15.4. The van der Waals surface area contributed by atoms with Gasteiger partial charge in [-0.1, -0.05) is 18.2 Å². The van der Waals surface area contributed by atoms with Crippen LogP contribution in [0.15, 0.2) is 24.3 Å². The second-order valence-electron chi connectivity index (χ2n) is 7.22. The molecule has 2 N–H and O–H groups in total. The average molecular weight is 390 g/mol. The maximum Gasteiger partial charge on any atom is 0.214 e. The van der Waals surface area contributed by atoms with Gasteiger partial charge in [-0.3, -0.25) is 5.10 Å². The average Bonchev–Trinajstić information content (AvgIpc) is 3.03. The second-order valence-corrected chi connectivity index (χ2v) is 9.49. The van der Waals surface area contributed by atoms with Crippen LogP contribution in [0.5, 0.6) is 0 Å². The molecule has 2 aromatic rings. The fraction of sp³-hybridized carbons (Fsp3) is 0.474. The molecule has 8 heteroatoms. The van der Waals surface area contributed by atoms with E-state index in [0.29, 0.717) is 42.5 Å². The fourth-order valence-electron chi connectivity index (χ4n) is 3.45. The van der Waals surface area contributed by atoms with Gasteiger partial charge in [-0.25, -0.2) is 17.5 Å². The summed E-state index contributed by atoms with van der Waals surface area (Å²) in [6, 6.07) is 8.74. The Hall–Kier alpha value is -2.24. The SMILES string of the molecule is CC(C)S(=O)(=O)NC1CCC(c2[nH]nc(-c3ccccc3C#N)c2F)CC1. The lowest BCUT2D eigenvalue weighted by Gasteiger charge is -2.28. The molecule has 0 bridgehead atoms. The number of aromatic nitrogens is 2. The van der Waals surface area contributed by atoms with Gasteiger partial charge in [0.25, 0.3) is 0 Å². The summed E-state index contributed by atoms with van der Waals surface area (Å²) in [7, 11) is -3.30. The van der Waals surface area contributed by atoms with Crippen LogP contribution in [0.4, 0.5) is 4.39 Å². The van der Waals surface area contributed by atoms with E-state index >= 15 is 0 Å². The minimum atomic E-state index is -3.30. The Labute approximate surface area is 158 Å². The van der Waals surface area contributed by atoms with Crippen LogP contribution in [0.1, 0.15) is 56.7 Å². The van der Waals surface area contributed by atoms with Crippen LogP contribution in [0.2, 0.25) is 0 Å². The molecule has 144 valence electrons. The number of nitrogens with zero attached hydrogens (tertiary/aromatic N) is 2. The van der Waals surface area contributed by atoms with Crippen LogP contribution < -0.4 is 4.72 Å². The lowest BCUT2D eigenvalue weighted by Crippen LogP contribution is -2.40. The number of benzene rings is 1. The molecule has 0 unspecified atom stereocenters. The van der Waals surface area contributed by atoms with Crippen molar-refractivity contribution in [3.63, 3.8) is 0 Å². The van der Waals surface area contributed by atoms with E-state index in [4.69, 9.17) is 0 Å². The Morgan fingerprint density at radius 1 is 1.26 bits per heavy atom. The van der Waals surface area contributed by atoms with Crippen molar-refractivity contribution in [3.05, 3.63) is 41.3 Å². The first-order valence-corrected chi connectivity index (χ1v) is 10.6. The molecule has 1 fully saturated rings. The topological polar surface area (TPSA) is 98.6 Å². The monoisotopic (exact) mass is 390 g/mol. The number of sulfonamides is 1. The third kappa shape index (κ3) is 4.04. The normalized spacial score (nSPS) is 20.6. The van der Waals surface area contributed by atoms with E-state index in [1.807, 2.05) is 0 Å². The summed E-state index contributed by atoms with van der Waals surface area (Å²) < 4.78 is 41.7. The zero-order chi connectivity index (χ0) is 19.6. The minimum Gasteiger partial charge on any atom is -0.279 e. The van der Waals surface area contributed by atoms with E-state index < -0.39 is 21.1 Å². The van der Waals surface area contributed by atoms with Crippen molar-refractivity contribution >= 4 is 10.0 Å². The van der Waals surface area contributed by atoms with Gasteiger partial charge in [0.05, 0.1) is 22.6 Å². The number of rotatable bonds is 5. The lowest BCUT2D eigenvalue weighted by molar-refractivity contribution is 0.362. The highest BCUT2D eigenvalue weighted by molar-refractivity contribution is 7.90. The summed E-state index contributed by atoms with van der Waals surface area (Å²) in [6.45, 7) is 3.29. The van der Waals surface area contributed by atoms with Crippen molar-refractivity contribution in [1.82, 2.24) is 14.9 Å². The molecule has 1 aromatic carbocycles. The number of aromatic amines is 1. The van der Waals surface area contributed by atoms with E-state index in [2.05, 4.69) is 21.0 Å². The van der Waals surface area contributed by atoms with Crippen LogP contribution in [0.3, 0.4) is 0 Å². The molecule has 3 rings (SSSR count). The highest BCUT2D eigenvalue weighted by atomic mass is 32.2. The minimum absolute atomic E-state index is 0.0414. The van der Waals surface area contributed by atoms with Crippen molar-refractivity contribution in [2.24, 2.45) is 0 Å². The Bertz CT molecular complexity index is 954. The highest BCUT2D eigenvalue weighted by Gasteiger charge is 2.30. The molecule has 1 aromatic heterocycles. The van der Waals surface area contributed by atoms with Crippen molar-refractivity contribution in [2.45, 2.75) is 56.7 Å². The molecule has 1 saturated carbocycles. The van der Waals surface area contributed by atoms with Crippen molar-refractivity contribution < 1.29 is 12.8 Å². The first-order chi connectivity index (χ1) is 12.8. The second kappa shape index (κ2) is 7.79. The van der Waals surface area contributed by atoms with Crippen molar-refractivity contribution in [1.29, 1.82) is 5.26 Å². The third-order valence-electron chi connectivity index (χ3n) is 5.12. The molecule has 0 radical (unpaired) electrons. The molecule has 6 nitrogen and oxygen atoms in total. The Morgan fingerprint density at radius 3 is 2.56 bits per heavy atom. The number of halogens is 1. The van der Waals surface area contributed by atoms with Gasteiger partial charge in [0.15, 0.2) is 5.82 Å². The molecule has 0 atom stereocenters.